The summed E-state index contributed by atoms with van der Waals surface area (Å²) < 4.78 is 18.5. The van der Waals surface area contributed by atoms with Gasteiger partial charge in [-0.05, 0) is 90.9 Å². The zero-order valence-corrected chi connectivity index (χ0v) is 36.7. The number of para-hydroxylation sites is 1. The van der Waals surface area contributed by atoms with Crippen LogP contribution in [0.3, 0.4) is 0 Å². The van der Waals surface area contributed by atoms with Crippen molar-refractivity contribution in [3.05, 3.63) is 155 Å². The minimum Gasteiger partial charge on any atom is -0.491 e. The summed E-state index contributed by atoms with van der Waals surface area (Å²) in [6.45, 7) is 2.43. The normalized spacial score (nSPS) is 25.7. The number of morpholine rings is 2. The minimum atomic E-state index is -1.80. The van der Waals surface area contributed by atoms with Gasteiger partial charge in [0.05, 0.1) is 37.8 Å². The zero-order valence-electron chi connectivity index (χ0n) is 36.7. The summed E-state index contributed by atoms with van der Waals surface area (Å²) in [6, 6.07) is 36.6. The number of carbonyl (C=O) groups is 3. The molecule has 0 radical (unpaired) electrons. The van der Waals surface area contributed by atoms with Gasteiger partial charge in [0, 0.05) is 41.3 Å². The van der Waals surface area contributed by atoms with Gasteiger partial charge in [-0.25, -0.2) is 0 Å². The number of nitrogens with one attached hydrogen (secondary N) is 2. The molecule has 5 aromatic rings. The van der Waals surface area contributed by atoms with E-state index in [1.165, 1.54) is 0 Å². The van der Waals surface area contributed by atoms with Gasteiger partial charge in [0.2, 0.25) is 11.8 Å². The van der Waals surface area contributed by atoms with Crippen LogP contribution in [-0.4, -0.2) is 84.1 Å². The first-order chi connectivity index (χ1) is 32.3. The second-order valence-corrected chi connectivity index (χ2v) is 17.9. The lowest BCUT2D eigenvalue weighted by Gasteiger charge is -2.46. The van der Waals surface area contributed by atoms with E-state index in [9.17, 15) is 10.2 Å². The molecule has 0 aromatic heterocycles. The summed E-state index contributed by atoms with van der Waals surface area (Å²) in [4.78, 5) is 51.1. The molecule has 0 unspecified atom stereocenters. The largest absolute Gasteiger partial charge is 0.491 e. The molecular weight excluding hydrogens is 833 g/mol. The van der Waals surface area contributed by atoms with Gasteiger partial charge in [-0.2, -0.15) is 0 Å². The van der Waals surface area contributed by atoms with E-state index in [0.717, 1.165) is 55.6 Å². The minimum absolute atomic E-state index is 0.0350. The number of ether oxygens (including phenoxy) is 3. The number of benzene rings is 5. The predicted molar refractivity (Wildman–Crippen MR) is 250 cm³/mol. The maximum atomic E-state index is 15.8. The van der Waals surface area contributed by atoms with Crippen LogP contribution in [0.5, 0.6) is 5.75 Å². The van der Waals surface area contributed by atoms with E-state index in [1.54, 1.807) is 12.1 Å². The number of anilines is 3. The number of fused-ring (bicyclic) bond motifs is 3. The Balaban J connectivity index is 1.20. The van der Waals surface area contributed by atoms with E-state index < -0.39 is 58.9 Å². The van der Waals surface area contributed by atoms with Gasteiger partial charge in [-0.15, -0.1) is 0 Å². The fourth-order valence-corrected chi connectivity index (χ4v) is 11.1. The Morgan fingerprint density at radius 1 is 0.818 bits per heavy atom. The molecule has 5 aromatic carbocycles. The van der Waals surface area contributed by atoms with E-state index >= 15 is 14.4 Å². The Morgan fingerprint density at radius 2 is 1.50 bits per heavy atom. The summed E-state index contributed by atoms with van der Waals surface area (Å²) >= 11 is 0. The molecule has 2 amide bonds. The Hall–Kier alpha value is -6.49. The number of nitrogens with zero attached hydrogens (tertiary/aromatic N) is 2. The number of hydrogen-bond acceptors (Lipinski definition) is 10. The average molecular weight is 887 g/mol. The summed E-state index contributed by atoms with van der Waals surface area (Å²) in [5, 5.41) is 28.0. The molecule has 12 heteroatoms. The van der Waals surface area contributed by atoms with Gasteiger partial charge in [0.25, 0.3) is 0 Å². The first-order valence-corrected chi connectivity index (χ1v) is 23.1. The molecule has 10 rings (SSSR count). The molecule has 5 aliphatic rings. The fraction of sp³-hybridized carbons (Fsp3) is 0.352. The molecule has 66 heavy (non-hydrogen) atoms. The molecule has 1 aliphatic carbocycles. The van der Waals surface area contributed by atoms with E-state index in [1.807, 2.05) is 120 Å². The number of aliphatic hydroxyl groups excluding tert-OH is 1. The van der Waals surface area contributed by atoms with Crippen molar-refractivity contribution in [3.8, 4) is 17.6 Å². The van der Waals surface area contributed by atoms with Crippen molar-refractivity contribution in [2.45, 2.75) is 73.8 Å². The molecule has 3 saturated heterocycles. The van der Waals surface area contributed by atoms with Gasteiger partial charge < -0.3 is 40.0 Å². The highest BCUT2D eigenvalue weighted by molar-refractivity contribution is 6.13. The standard InChI is InChI=1S/C54H54N4O8/c59-31-34-65-44-18-10-9-17-41(44)49-54(42-35-36(19-24-43(42)56-52(54)62)25-28-53(63)26-11-1-2-12-27-53)45(50(60)55-39-20-22-40(23-21-39)57-29-32-64-33-30-57)47-51(61)66-48(38-15-7-4-8-16-38)46(58(47)49)37-13-5-3-6-14-37/h3-10,13-24,35,45-49,59,63H,1-2,11-12,26-27,29-34H2,(H,55,60)(H,56,62)/t45-,46-,47-,48+,49+,54-/m1/s1. The lowest BCUT2D eigenvalue weighted by molar-refractivity contribution is -0.177. The quantitative estimate of drug-likeness (QED) is 0.0678. The van der Waals surface area contributed by atoms with Crippen molar-refractivity contribution in [2.75, 3.05) is 55.1 Å². The molecule has 0 bridgehead atoms. The summed E-state index contributed by atoms with van der Waals surface area (Å²) in [5.41, 5.74) is 2.16. The van der Waals surface area contributed by atoms with Crippen LogP contribution < -0.4 is 20.3 Å². The van der Waals surface area contributed by atoms with Crippen molar-refractivity contribution >= 4 is 34.8 Å². The second-order valence-electron chi connectivity index (χ2n) is 17.9. The van der Waals surface area contributed by atoms with Gasteiger partial charge >= 0.3 is 5.97 Å². The van der Waals surface area contributed by atoms with E-state index in [-0.39, 0.29) is 13.2 Å². The summed E-state index contributed by atoms with van der Waals surface area (Å²) in [6.07, 6.45) is 4.13. The Bertz CT molecular complexity index is 2640. The molecule has 4 aliphatic heterocycles. The lowest BCUT2D eigenvalue weighted by Crippen LogP contribution is -2.53. The van der Waals surface area contributed by atoms with Crippen LogP contribution in [0, 0.1) is 17.8 Å². The lowest BCUT2D eigenvalue weighted by atomic mass is 9.65. The number of cyclic esters (lactones) is 1. The number of carbonyl (C=O) groups excluding carboxylic acids is 3. The maximum Gasteiger partial charge on any atom is 0.324 e. The number of hydrogen-bond donors (Lipinski definition) is 4. The van der Waals surface area contributed by atoms with Crippen LogP contribution in [0.4, 0.5) is 17.1 Å². The summed E-state index contributed by atoms with van der Waals surface area (Å²) in [5.74, 6) is 3.81. The molecule has 4 heterocycles. The smallest absolute Gasteiger partial charge is 0.324 e. The Labute approximate surface area is 384 Å². The molecule has 338 valence electrons. The highest BCUT2D eigenvalue weighted by atomic mass is 16.6. The average Bonchev–Trinajstić information content (AvgIpc) is 3.72. The number of aliphatic hydroxyl groups is 2. The van der Waals surface area contributed by atoms with Gasteiger partial charge in [0.15, 0.2) is 0 Å². The topological polar surface area (TPSA) is 150 Å². The van der Waals surface area contributed by atoms with Crippen molar-refractivity contribution in [1.29, 1.82) is 0 Å². The monoisotopic (exact) mass is 886 g/mol. The molecule has 1 spiro atoms. The second kappa shape index (κ2) is 18.4. The van der Waals surface area contributed by atoms with Crippen LogP contribution in [0.15, 0.2) is 127 Å². The van der Waals surface area contributed by atoms with E-state index in [4.69, 9.17) is 14.2 Å². The Kier molecular flexibility index (Phi) is 12.1. The van der Waals surface area contributed by atoms with Crippen molar-refractivity contribution in [1.82, 2.24) is 4.90 Å². The number of amides is 2. The van der Waals surface area contributed by atoms with Crippen molar-refractivity contribution in [3.63, 3.8) is 0 Å². The molecule has 4 fully saturated rings. The van der Waals surface area contributed by atoms with Gasteiger partial charge in [-0.3, -0.25) is 19.3 Å². The molecule has 6 atom stereocenters. The molecule has 4 N–H and O–H groups in total. The molecule has 1 saturated carbocycles. The van der Waals surface area contributed by atoms with E-state index in [0.29, 0.717) is 59.9 Å². The third-order valence-electron chi connectivity index (χ3n) is 14.0. The fourth-order valence-electron chi connectivity index (χ4n) is 11.1. The van der Waals surface area contributed by atoms with Crippen LogP contribution in [0.1, 0.15) is 84.5 Å². The van der Waals surface area contributed by atoms with Crippen molar-refractivity contribution in [2.24, 2.45) is 5.92 Å². The van der Waals surface area contributed by atoms with Crippen LogP contribution in [-0.2, 0) is 29.3 Å². The highest BCUT2D eigenvalue weighted by Crippen LogP contribution is 2.65. The van der Waals surface area contributed by atoms with Crippen LogP contribution in [0.25, 0.3) is 0 Å². The van der Waals surface area contributed by atoms with E-state index in [2.05, 4.69) is 27.4 Å². The predicted octanol–water partition coefficient (Wildman–Crippen LogP) is 7.24. The highest BCUT2D eigenvalue weighted by Gasteiger charge is 2.74. The molecular formula is C54H54N4O8. The van der Waals surface area contributed by atoms with Gasteiger partial charge in [0.1, 0.15) is 35.5 Å². The van der Waals surface area contributed by atoms with Crippen molar-refractivity contribution < 1.29 is 38.8 Å². The summed E-state index contributed by atoms with van der Waals surface area (Å²) in [7, 11) is 0. The zero-order chi connectivity index (χ0) is 45.3. The third kappa shape index (κ3) is 7.90. The Morgan fingerprint density at radius 3 is 2.21 bits per heavy atom. The first kappa shape index (κ1) is 43.4. The maximum absolute atomic E-state index is 15.8. The third-order valence-corrected chi connectivity index (χ3v) is 14.0. The number of rotatable bonds is 9. The van der Waals surface area contributed by atoms with Crippen LogP contribution >= 0.6 is 0 Å². The number of esters is 1. The van der Waals surface area contributed by atoms with Crippen LogP contribution in [0.2, 0.25) is 0 Å². The van der Waals surface area contributed by atoms with Gasteiger partial charge in [-0.1, -0.05) is 104 Å². The SMILES string of the molecule is O=C1O[C@@H](c2ccccc2)[C@@H](c2ccccc2)N2[C@@H](c3ccccc3OCCO)[C@]3(C(=O)Nc4ccc(C#CC5(O)CCCCCC5)cc43)[C@@H](C(=O)Nc3ccc(N4CCOCC4)cc3)[C@H]12. The molecule has 12 nitrogen and oxygen atoms in total. The first-order valence-electron chi connectivity index (χ1n) is 23.1.